The molecular formula is C13H15N4O. The van der Waals surface area contributed by atoms with E-state index in [2.05, 4.69) is 20.3 Å². The fourth-order valence-corrected chi connectivity index (χ4v) is 1.73. The van der Waals surface area contributed by atoms with Gasteiger partial charge >= 0.3 is 0 Å². The molecule has 0 atom stereocenters. The molecule has 0 amide bonds. The second-order valence-corrected chi connectivity index (χ2v) is 3.97. The first-order valence-electron chi connectivity index (χ1n) is 5.83. The summed E-state index contributed by atoms with van der Waals surface area (Å²) >= 11 is 0. The van der Waals surface area contributed by atoms with Crippen molar-refractivity contribution in [3.8, 4) is 11.4 Å². The van der Waals surface area contributed by atoms with Crippen LogP contribution in [0.3, 0.4) is 0 Å². The maximum atomic E-state index is 10.1. The number of aromatic nitrogens is 3. The first kappa shape index (κ1) is 12.4. The van der Waals surface area contributed by atoms with Crippen molar-refractivity contribution in [2.75, 3.05) is 13.1 Å². The van der Waals surface area contributed by atoms with Gasteiger partial charge in [0.2, 0.25) is 6.29 Å². The minimum Gasteiger partial charge on any atom is -0.342 e. The van der Waals surface area contributed by atoms with E-state index in [1.165, 1.54) is 0 Å². The molecule has 5 nitrogen and oxygen atoms in total. The zero-order chi connectivity index (χ0) is 12.8. The van der Waals surface area contributed by atoms with Gasteiger partial charge < -0.3 is 10.3 Å². The predicted molar refractivity (Wildman–Crippen MR) is 68.8 cm³/mol. The highest BCUT2D eigenvalue weighted by atomic mass is 16.1. The zero-order valence-corrected chi connectivity index (χ0v) is 10.2. The molecule has 93 valence electrons. The number of hydrogen-bond acceptors (Lipinski definition) is 4. The van der Waals surface area contributed by atoms with Crippen LogP contribution in [0.25, 0.3) is 11.4 Å². The molecule has 0 bridgehead atoms. The molecule has 2 aromatic rings. The van der Waals surface area contributed by atoms with E-state index in [4.69, 9.17) is 0 Å². The number of aryl methyl sites for hydroxylation is 1. The quantitative estimate of drug-likeness (QED) is 0.743. The lowest BCUT2D eigenvalue weighted by atomic mass is 10.2. The van der Waals surface area contributed by atoms with Crippen LogP contribution in [-0.2, 0) is 11.2 Å². The Kier molecular flexibility index (Phi) is 4.20. The lowest BCUT2D eigenvalue weighted by Crippen LogP contribution is -2.19. The molecule has 0 saturated carbocycles. The van der Waals surface area contributed by atoms with Gasteiger partial charge in [0.15, 0.2) is 0 Å². The Morgan fingerprint density at radius 2 is 2.39 bits per heavy atom. The molecule has 2 N–H and O–H groups in total. The Morgan fingerprint density at radius 1 is 1.50 bits per heavy atom. The minimum atomic E-state index is 0.263. The molecular weight excluding hydrogens is 228 g/mol. The highest BCUT2D eigenvalue weighted by molar-refractivity contribution is 5.54. The van der Waals surface area contributed by atoms with Crippen molar-refractivity contribution in [1.29, 1.82) is 0 Å². The van der Waals surface area contributed by atoms with Gasteiger partial charge in [0, 0.05) is 36.6 Å². The number of pyridine rings is 1. The summed E-state index contributed by atoms with van der Waals surface area (Å²) in [5.74, 6) is 0.831. The van der Waals surface area contributed by atoms with Crippen molar-refractivity contribution in [2.45, 2.75) is 13.3 Å². The van der Waals surface area contributed by atoms with Crippen LogP contribution in [0.1, 0.15) is 11.4 Å². The molecule has 0 spiro atoms. The summed E-state index contributed by atoms with van der Waals surface area (Å²) in [6, 6.07) is 3.85. The highest BCUT2D eigenvalue weighted by Crippen LogP contribution is 2.16. The summed E-state index contributed by atoms with van der Waals surface area (Å²) in [5, 5.41) is 2.97. The third-order valence-electron chi connectivity index (χ3n) is 2.66. The topological polar surface area (TPSA) is 70.7 Å². The maximum Gasteiger partial charge on any atom is 0.213 e. The Bertz CT molecular complexity index is 507. The van der Waals surface area contributed by atoms with E-state index in [1.54, 1.807) is 18.7 Å². The number of hydrogen-bond donors (Lipinski definition) is 2. The maximum absolute atomic E-state index is 10.1. The lowest BCUT2D eigenvalue weighted by molar-refractivity contribution is 0.548. The average molecular weight is 243 g/mol. The van der Waals surface area contributed by atoms with Crippen LogP contribution in [0, 0.1) is 6.92 Å². The van der Waals surface area contributed by atoms with E-state index < -0.39 is 0 Å². The third-order valence-corrected chi connectivity index (χ3v) is 2.66. The number of nitrogens with one attached hydrogen (secondary N) is 2. The van der Waals surface area contributed by atoms with Gasteiger partial charge in [0.25, 0.3) is 0 Å². The number of nitrogens with zero attached hydrogens (tertiary/aromatic N) is 2. The van der Waals surface area contributed by atoms with Crippen LogP contribution in [0.5, 0.6) is 0 Å². The Morgan fingerprint density at radius 3 is 3.11 bits per heavy atom. The van der Waals surface area contributed by atoms with Crippen LogP contribution in [0.2, 0.25) is 0 Å². The largest absolute Gasteiger partial charge is 0.342 e. The van der Waals surface area contributed by atoms with Crippen LogP contribution < -0.4 is 5.32 Å². The first-order chi connectivity index (χ1) is 8.81. The lowest BCUT2D eigenvalue weighted by Gasteiger charge is -1.98. The van der Waals surface area contributed by atoms with Gasteiger partial charge in [-0.2, -0.15) is 0 Å². The molecule has 0 aromatic carbocycles. The zero-order valence-electron chi connectivity index (χ0n) is 10.2. The number of rotatable bonds is 6. The molecule has 0 saturated heterocycles. The molecule has 0 unspecified atom stereocenters. The van der Waals surface area contributed by atoms with Crippen LogP contribution in [0.4, 0.5) is 0 Å². The van der Waals surface area contributed by atoms with Gasteiger partial charge in [-0.15, -0.1) is 0 Å². The third kappa shape index (κ3) is 3.01. The van der Waals surface area contributed by atoms with Crippen molar-refractivity contribution in [3.05, 3.63) is 35.9 Å². The Labute approximate surface area is 106 Å². The van der Waals surface area contributed by atoms with Crippen LogP contribution in [-0.4, -0.2) is 34.3 Å². The van der Waals surface area contributed by atoms with Crippen molar-refractivity contribution in [3.63, 3.8) is 0 Å². The van der Waals surface area contributed by atoms with E-state index in [0.29, 0.717) is 6.54 Å². The van der Waals surface area contributed by atoms with E-state index in [9.17, 15) is 4.79 Å². The minimum absolute atomic E-state index is 0.263. The van der Waals surface area contributed by atoms with Gasteiger partial charge in [-0.25, -0.2) is 4.98 Å². The van der Waals surface area contributed by atoms with Crippen molar-refractivity contribution in [2.24, 2.45) is 0 Å². The van der Waals surface area contributed by atoms with Crippen molar-refractivity contribution in [1.82, 2.24) is 20.3 Å². The van der Waals surface area contributed by atoms with Gasteiger partial charge in [-0.3, -0.25) is 9.78 Å². The van der Waals surface area contributed by atoms with Crippen molar-refractivity contribution < 1.29 is 4.79 Å². The predicted octanol–water partition coefficient (Wildman–Crippen LogP) is 1.02. The van der Waals surface area contributed by atoms with E-state index in [1.807, 2.05) is 19.1 Å². The number of aromatic amines is 1. The smallest absolute Gasteiger partial charge is 0.213 e. The monoisotopic (exact) mass is 243 g/mol. The van der Waals surface area contributed by atoms with E-state index in [0.717, 1.165) is 29.2 Å². The van der Waals surface area contributed by atoms with E-state index >= 15 is 0 Å². The molecule has 2 heterocycles. The molecule has 0 aliphatic rings. The standard InChI is InChI=1S/C13H15N4O/c1-10-12(4-6-14-7-8-18)17-13(16-10)11-3-2-5-15-9-11/h2-3,5,9,14H,4,6-7H2,1H3,(H,16,17). The Balaban J connectivity index is 2.05. The fourth-order valence-electron chi connectivity index (χ4n) is 1.73. The van der Waals surface area contributed by atoms with Gasteiger partial charge in [0.1, 0.15) is 5.82 Å². The van der Waals surface area contributed by atoms with Gasteiger partial charge in [-0.1, -0.05) is 0 Å². The summed E-state index contributed by atoms with van der Waals surface area (Å²) < 4.78 is 0. The van der Waals surface area contributed by atoms with Crippen LogP contribution >= 0.6 is 0 Å². The summed E-state index contributed by atoms with van der Waals surface area (Å²) in [6.45, 7) is 2.97. The molecule has 1 radical (unpaired) electrons. The molecule has 2 rings (SSSR count). The highest BCUT2D eigenvalue weighted by Gasteiger charge is 2.07. The molecule has 0 fully saturated rings. The number of imidazole rings is 1. The first-order valence-corrected chi connectivity index (χ1v) is 5.83. The Hall–Kier alpha value is -2.01. The second kappa shape index (κ2) is 6.07. The number of carbonyl (C=O) groups excluding carboxylic acids is 1. The van der Waals surface area contributed by atoms with Gasteiger partial charge in [0.05, 0.1) is 12.2 Å². The average Bonchev–Trinajstić information content (AvgIpc) is 2.77. The van der Waals surface area contributed by atoms with E-state index in [-0.39, 0.29) is 6.54 Å². The van der Waals surface area contributed by atoms with Crippen LogP contribution in [0.15, 0.2) is 24.5 Å². The number of H-pyrrole nitrogens is 1. The molecule has 18 heavy (non-hydrogen) atoms. The fraction of sp³-hybridized carbons (Fsp3) is 0.308. The summed E-state index contributed by atoms with van der Waals surface area (Å²) in [6.07, 6.45) is 6.10. The molecule has 2 aromatic heterocycles. The molecule has 5 heteroatoms. The summed E-state index contributed by atoms with van der Waals surface area (Å²) in [7, 11) is 0. The molecule has 0 aliphatic carbocycles. The second-order valence-electron chi connectivity index (χ2n) is 3.97. The normalized spacial score (nSPS) is 10.5. The summed E-state index contributed by atoms with van der Waals surface area (Å²) in [4.78, 5) is 21.9. The van der Waals surface area contributed by atoms with Crippen molar-refractivity contribution >= 4 is 6.29 Å². The van der Waals surface area contributed by atoms with Gasteiger partial charge in [-0.05, 0) is 19.1 Å². The SMILES string of the molecule is Cc1[nH]c(-c2cccnc2)nc1CCNC[C]=O. The molecule has 0 aliphatic heterocycles. The summed E-state index contributed by atoms with van der Waals surface area (Å²) in [5.41, 5.74) is 3.03.